The average molecular weight is 444 g/mol. The second-order valence-electron chi connectivity index (χ2n) is 7.48. The minimum atomic E-state index is -4.92. The largest absolute Gasteiger partial charge is 0.416 e. The van der Waals surface area contributed by atoms with E-state index in [9.17, 15) is 26.3 Å². The second-order valence-corrected chi connectivity index (χ2v) is 7.48. The SMILES string of the molecule is C=CC1CCOC(OC(C)c2cc(C(F)(F)F)cc(C(F)(F)F)c2)C1c1ccccc1. The number of halogens is 6. The van der Waals surface area contributed by atoms with Gasteiger partial charge in [-0.3, -0.25) is 0 Å². The molecule has 2 nitrogen and oxygen atoms in total. The smallest absolute Gasteiger partial charge is 0.352 e. The first kappa shape index (κ1) is 23.3. The fraction of sp³-hybridized carbons (Fsp3) is 0.391. The molecule has 1 aliphatic rings. The van der Waals surface area contributed by atoms with Gasteiger partial charge in [0.25, 0.3) is 0 Å². The van der Waals surface area contributed by atoms with Crippen molar-refractivity contribution in [1.29, 1.82) is 0 Å². The highest BCUT2D eigenvalue weighted by atomic mass is 19.4. The van der Waals surface area contributed by atoms with E-state index in [4.69, 9.17) is 9.47 Å². The summed E-state index contributed by atoms with van der Waals surface area (Å²) >= 11 is 0. The Balaban J connectivity index is 1.93. The highest BCUT2D eigenvalue weighted by Crippen LogP contribution is 2.41. The molecule has 0 aliphatic carbocycles. The maximum atomic E-state index is 13.2. The number of allylic oxidation sites excluding steroid dienone is 1. The summed E-state index contributed by atoms with van der Waals surface area (Å²) in [7, 11) is 0. The lowest BCUT2D eigenvalue weighted by molar-refractivity contribution is -0.205. The number of benzene rings is 2. The van der Waals surface area contributed by atoms with E-state index >= 15 is 0 Å². The third-order valence-corrected chi connectivity index (χ3v) is 5.39. The van der Waals surface area contributed by atoms with Crippen LogP contribution in [0.1, 0.15) is 47.6 Å². The van der Waals surface area contributed by atoms with E-state index in [0.29, 0.717) is 25.2 Å². The summed E-state index contributed by atoms with van der Waals surface area (Å²) in [5.41, 5.74) is -2.08. The standard InChI is InChI=1S/C23H22F6O2/c1-3-15-9-10-30-21(20(15)16-7-5-4-6-8-16)31-14(2)17-11-18(22(24,25)26)13-19(12-17)23(27,28)29/h3-8,11-15,20-21H,1,9-10H2,2H3. The predicted octanol–water partition coefficient (Wildman–Crippen LogP) is 7.13. The molecule has 3 rings (SSSR count). The molecule has 2 aromatic rings. The van der Waals surface area contributed by atoms with Gasteiger partial charge in [0.2, 0.25) is 0 Å². The van der Waals surface area contributed by atoms with E-state index in [0.717, 1.165) is 5.56 Å². The Morgan fingerprint density at radius 1 is 1.00 bits per heavy atom. The molecule has 1 saturated heterocycles. The van der Waals surface area contributed by atoms with Gasteiger partial charge < -0.3 is 9.47 Å². The van der Waals surface area contributed by atoms with E-state index < -0.39 is 35.9 Å². The molecule has 31 heavy (non-hydrogen) atoms. The molecule has 4 atom stereocenters. The normalized spacial score (nSPS) is 23.4. The van der Waals surface area contributed by atoms with Crippen molar-refractivity contribution in [2.45, 2.75) is 44.0 Å². The van der Waals surface area contributed by atoms with Gasteiger partial charge in [0.05, 0.1) is 23.8 Å². The molecule has 0 saturated carbocycles. The number of rotatable bonds is 5. The van der Waals surface area contributed by atoms with Crippen LogP contribution in [0.5, 0.6) is 0 Å². The van der Waals surface area contributed by atoms with Crippen LogP contribution < -0.4 is 0 Å². The van der Waals surface area contributed by atoms with Gasteiger partial charge in [-0.1, -0.05) is 36.4 Å². The summed E-state index contributed by atoms with van der Waals surface area (Å²) in [5, 5.41) is 0. The van der Waals surface area contributed by atoms with Gasteiger partial charge in [-0.25, -0.2) is 0 Å². The summed E-state index contributed by atoms with van der Waals surface area (Å²) in [6.07, 6.45) is -9.30. The lowest BCUT2D eigenvalue weighted by Gasteiger charge is -2.38. The number of hydrogen-bond donors (Lipinski definition) is 0. The molecule has 0 aromatic heterocycles. The topological polar surface area (TPSA) is 18.5 Å². The fourth-order valence-electron chi connectivity index (χ4n) is 3.77. The molecule has 1 fully saturated rings. The van der Waals surface area contributed by atoms with E-state index in [1.165, 1.54) is 6.92 Å². The van der Waals surface area contributed by atoms with Crippen LogP contribution >= 0.6 is 0 Å². The zero-order valence-electron chi connectivity index (χ0n) is 16.7. The van der Waals surface area contributed by atoms with Crippen molar-refractivity contribution < 1.29 is 35.8 Å². The molecule has 0 radical (unpaired) electrons. The van der Waals surface area contributed by atoms with Crippen LogP contribution in [-0.2, 0) is 21.8 Å². The molecular weight excluding hydrogens is 422 g/mol. The Bertz CT molecular complexity index is 859. The third kappa shape index (κ3) is 5.49. The molecule has 0 amide bonds. The first-order valence-corrected chi connectivity index (χ1v) is 9.74. The molecule has 4 unspecified atom stereocenters. The average Bonchev–Trinajstić information content (AvgIpc) is 2.72. The van der Waals surface area contributed by atoms with Gasteiger partial charge in [-0.05, 0) is 48.6 Å². The molecule has 2 aromatic carbocycles. The number of ether oxygens (including phenoxy) is 2. The molecule has 1 aliphatic heterocycles. The van der Waals surface area contributed by atoms with Crippen LogP contribution in [0.25, 0.3) is 0 Å². The van der Waals surface area contributed by atoms with Gasteiger partial charge in [0.1, 0.15) is 0 Å². The minimum Gasteiger partial charge on any atom is -0.352 e. The van der Waals surface area contributed by atoms with Crippen LogP contribution in [0.3, 0.4) is 0 Å². The van der Waals surface area contributed by atoms with Crippen molar-refractivity contribution in [3.05, 3.63) is 83.4 Å². The van der Waals surface area contributed by atoms with Crippen molar-refractivity contribution in [3.63, 3.8) is 0 Å². The van der Waals surface area contributed by atoms with E-state index in [2.05, 4.69) is 6.58 Å². The van der Waals surface area contributed by atoms with E-state index in [1.54, 1.807) is 6.08 Å². The lowest BCUT2D eigenvalue weighted by Crippen LogP contribution is -2.36. The van der Waals surface area contributed by atoms with E-state index in [1.807, 2.05) is 30.3 Å². The maximum absolute atomic E-state index is 13.2. The second kappa shape index (κ2) is 9.04. The van der Waals surface area contributed by atoms with Crippen molar-refractivity contribution >= 4 is 0 Å². The predicted molar refractivity (Wildman–Crippen MR) is 103 cm³/mol. The summed E-state index contributed by atoms with van der Waals surface area (Å²) in [4.78, 5) is 0. The molecule has 1 heterocycles. The Labute approximate surface area is 176 Å². The molecule has 0 bridgehead atoms. The summed E-state index contributed by atoms with van der Waals surface area (Å²) in [5.74, 6) is -0.302. The third-order valence-electron chi connectivity index (χ3n) is 5.39. The Morgan fingerprint density at radius 2 is 1.58 bits per heavy atom. The molecule has 8 heteroatoms. The zero-order chi connectivity index (χ0) is 22.8. The zero-order valence-corrected chi connectivity index (χ0v) is 16.7. The molecular formula is C23H22F6O2. The monoisotopic (exact) mass is 444 g/mol. The van der Waals surface area contributed by atoms with Crippen LogP contribution in [0, 0.1) is 5.92 Å². The van der Waals surface area contributed by atoms with Crippen molar-refractivity contribution in [1.82, 2.24) is 0 Å². The van der Waals surface area contributed by atoms with Crippen molar-refractivity contribution in [2.24, 2.45) is 5.92 Å². The Morgan fingerprint density at radius 3 is 2.10 bits per heavy atom. The Hall–Kier alpha value is -2.32. The van der Waals surface area contributed by atoms with Gasteiger partial charge in [-0.2, -0.15) is 26.3 Å². The Kier molecular flexibility index (Phi) is 6.81. The van der Waals surface area contributed by atoms with Gasteiger partial charge in [0, 0.05) is 5.92 Å². The van der Waals surface area contributed by atoms with Crippen LogP contribution in [0.4, 0.5) is 26.3 Å². The van der Waals surface area contributed by atoms with Gasteiger partial charge >= 0.3 is 12.4 Å². The first-order valence-electron chi connectivity index (χ1n) is 9.74. The number of hydrogen-bond acceptors (Lipinski definition) is 2. The van der Waals surface area contributed by atoms with Crippen LogP contribution in [0.2, 0.25) is 0 Å². The number of alkyl halides is 6. The van der Waals surface area contributed by atoms with Gasteiger partial charge in [-0.15, -0.1) is 6.58 Å². The highest BCUT2D eigenvalue weighted by molar-refractivity contribution is 5.35. The fourth-order valence-corrected chi connectivity index (χ4v) is 3.77. The molecule has 168 valence electrons. The van der Waals surface area contributed by atoms with Crippen molar-refractivity contribution in [3.8, 4) is 0 Å². The molecule has 0 spiro atoms. The summed E-state index contributed by atoms with van der Waals surface area (Å²) in [6.45, 7) is 5.60. The quantitative estimate of drug-likeness (QED) is 0.361. The highest BCUT2D eigenvalue weighted by Gasteiger charge is 2.39. The van der Waals surface area contributed by atoms with E-state index in [-0.39, 0.29) is 23.5 Å². The minimum absolute atomic E-state index is 0.0133. The maximum Gasteiger partial charge on any atom is 0.416 e. The lowest BCUT2D eigenvalue weighted by atomic mass is 9.82. The first-order chi connectivity index (χ1) is 14.5. The van der Waals surface area contributed by atoms with Crippen molar-refractivity contribution in [2.75, 3.05) is 6.61 Å². The summed E-state index contributed by atoms with van der Waals surface area (Å²) in [6, 6.07) is 10.8. The van der Waals surface area contributed by atoms with Crippen LogP contribution in [0.15, 0.2) is 61.2 Å². The summed E-state index contributed by atoms with van der Waals surface area (Å²) < 4.78 is 90.8. The van der Waals surface area contributed by atoms with Gasteiger partial charge in [0.15, 0.2) is 6.29 Å². The van der Waals surface area contributed by atoms with Crippen LogP contribution in [-0.4, -0.2) is 12.9 Å². The molecule has 0 N–H and O–H groups in total.